The molecule has 0 fully saturated rings. The summed E-state index contributed by atoms with van der Waals surface area (Å²) in [5.74, 6) is -0.139. The van der Waals surface area contributed by atoms with Crippen LogP contribution in [0.5, 0.6) is 5.75 Å². The predicted octanol–water partition coefficient (Wildman–Crippen LogP) is 3.16. The van der Waals surface area contributed by atoms with Gasteiger partial charge in [0.1, 0.15) is 10.8 Å². The Hall–Kier alpha value is -2.93. The minimum absolute atomic E-state index is 0.0540. The van der Waals surface area contributed by atoms with E-state index in [0.29, 0.717) is 16.3 Å². The summed E-state index contributed by atoms with van der Waals surface area (Å²) < 4.78 is 10.1. The number of fused-ring (bicyclic) bond motifs is 1. The maximum Gasteiger partial charge on any atom is 0.316 e. The summed E-state index contributed by atoms with van der Waals surface area (Å²) in [6, 6.07) is 14.2. The van der Waals surface area contributed by atoms with Crippen molar-refractivity contribution in [3.05, 3.63) is 60.3 Å². The third kappa shape index (κ3) is 4.58. The molecule has 6 nitrogen and oxygen atoms in total. The van der Waals surface area contributed by atoms with E-state index < -0.39 is 5.97 Å². The smallest absolute Gasteiger partial charge is 0.316 e. The molecule has 0 saturated heterocycles. The Kier molecular flexibility index (Phi) is 5.80. The number of esters is 1. The largest absolute Gasteiger partial charge is 0.497 e. The Morgan fingerprint density at radius 3 is 2.69 bits per heavy atom. The van der Waals surface area contributed by atoms with Gasteiger partial charge in [-0.1, -0.05) is 36.0 Å². The van der Waals surface area contributed by atoms with Gasteiger partial charge >= 0.3 is 5.97 Å². The molecule has 0 unspecified atom stereocenters. The first-order valence-corrected chi connectivity index (χ1v) is 8.82. The first-order chi connectivity index (χ1) is 12.7. The van der Waals surface area contributed by atoms with Crippen molar-refractivity contribution in [3.63, 3.8) is 0 Å². The number of hydrogen-bond donors (Lipinski definition) is 0. The summed E-state index contributed by atoms with van der Waals surface area (Å²) in [7, 11) is 1.52. The molecule has 0 spiro atoms. The molecule has 0 N–H and O–H groups in total. The molecule has 1 aromatic heterocycles. The number of para-hydroxylation sites is 2. The Labute approximate surface area is 154 Å². The lowest BCUT2D eigenvalue weighted by Gasteiger charge is -2.06. The van der Waals surface area contributed by atoms with Crippen molar-refractivity contribution < 1.29 is 19.1 Å². The van der Waals surface area contributed by atoms with Gasteiger partial charge in [-0.15, -0.1) is 0 Å². The number of rotatable bonds is 7. The molecule has 7 heteroatoms. The number of ether oxygens (including phenoxy) is 2. The van der Waals surface area contributed by atoms with E-state index in [1.807, 2.05) is 24.3 Å². The number of methoxy groups -OCH3 is 1. The number of ketones is 1. The molecule has 0 aliphatic rings. The Morgan fingerprint density at radius 1 is 1.08 bits per heavy atom. The number of thioether (sulfide) groups is 1. The lowest BCUT2D eigenvalue weighted by atomic mass is 10.1. The first kappa shape index (κ1) is 17.9. The standard InChI is InChI=1S/C19H16N2O4S/c1-24-14-6-4-5-13(9-14)17(22)11-25-19(23)12-26-18-10-20-15-7-2-3-8-16(15)21-18/h2-10H,11-12H2,1H3. The van der Waals surface area contributed by atoms with Crippen molar-refractivity contribution in [2.75, 3.05) is 19.5 Å². The van der Waals surface area contributed by atoms with Crippen LogP contribution in [0.2, 0.25) is 0 Å². The number of nitrogens with zero attached hydrogens (tertiary/aromatic N) is 2. The third-order valence-corrected chi connectivity index (χ3v) is 4.39. The molecule has 3 aromatic rings. The Balaban J connectivity index is 1.51. The summed E-state index contributed by atoms with van der Waals surface area (Å²) in [4.78, 5) is 32.7. The number of hydrogen-bond acceptors (Lipinski definition) is 7. The second kappa shape index (κ2) is 8.44. The van der Waals surface area contributed by atoms with Gasteiger partial charge in [-0.2, -0.15) is 0 Å². The highest BCUT2D eigenvalue weighted by Gasteiger charge is 2.12. The number of carbonyl (C=O) groups is 2. The second-order valence-electron chi connectivity index (χ2n) is 5.30. The molecule has 0 saturated carbocycles. The van der Waals surface area contributed by atoms with Gasteiger partial charge in [0.15, 0.2) is 12.4 Å². The molecule has 0 aliphatic heterocycles. The topological polar surface area (TPSA) is 78.4 Å². The van der Waals surface area contributed by atoms with Crippen molar-refractivity contribution in [1.82, 2.24) is 9.97 Å². The average Bonchev–Trinajstić information content (AvgIpc) is 2.70. The van der Waals surface area contributed by atoms with Gasteiger partial charge in [-0.3, -0.25) is 14.6 Å². The summed E-state index contributed by atoms with van der Waals surface area (Å²) in [6.45, 7) is -0.310. The van der Waals surface area contributed by atoms with Crippen LogP contribution in [0.15, 0.2) is 59.8 Å². The van der Waals surface area contributed by atoms with Crippen LogP contribution in [-0.4, -0.2) is 41.2 Å². The number of aromatic nitrogens is 2. The van der Waals surface area contributed by atoms with E-state index in [-0.39, 0.29) is 18.1 Å². The van der Waals surface area contributed by atoms with Crippen LogP contribution in [-0.2, 0) is 9.53 Å². The maximum absolute atomic E-state index is 12.1. The third-order valence-electron chi connectivity index (χ3n) is 3.52. The molecule has 26 heavy (non-hydrogen) atoms. The molecule has 132 valence electrons. The van der Waals surface area contributed by atoms with E-state index in [2.05, 4.69) is 9.97 Å². The van der Waals surface area contributed by atoms with Crippen molar-refractivity contribution in [2.45, 2.75) is 5.03 Å². The molecule has 0 bridgehead atoms. The summed E-state index contributed by atoms with van der Waals surface area (Å²) in [6.07, 6.45) is 1.61. The van der Waals surface area contributed by atoms with Gasteiger partial charge in [-0.25, -0.2) is 4.98 Å². The van der Waals surface area contributed by atoms with E-state index in [4.69, 9.17) is 9.47 Å². The molecule has 1 heterocycles. The summed E-state index contributed by atoms with van der Waals surface area (Å²) in [5, 5.41) is 0.625. The highest BCUT2D eigenvalue weighted by molar-refractivity contribution is 7.99. The number of carbonyl (C=O) groups excluding carboxylic acids is 2. The van der Waals surface area contributed by atoms with Gasteiger partial charge in [0.2, 0.25) is 0 Å². The van der Waals surface area contributed by atoms with Gasteiger partial charge in [0, 0.05) is 5.56 Å². The fourth-order valence-corrected chi connectivity index (χ4v) is 2.85. The van der Waals surface area contributed by atoms with E-state index in [1.54, 1.807) is 30.5 Å². The Morgan fingerprint density at radius 2 is 1.88 bits per heavy atom. The molecule has 0 atom stereocenters. The summed E-state index contributed by atoms with van der Waals surface area (Å²) >= 11 is 1.22. The molecule has 0 amide bonds. The first-order valence-electron chi connectivity index (χ1n) is 7.83. The highest BCUT2D eigenvalue weighted by Crippen LogP contribution is 2.18. The van der Waals surface area contributed by atoms with E-state index in [0.717, 1.165) is 11.0 Å². The maximum atomic E-state index is 12.1. The lowest BCUT2D eigenvalue weighted by Crippen LogP contribution is -2.15. The van der Waals surface area contributed by atoms with Crippen LogP contribution in [0.4, 0.5) is 0 Å². The fourth-order valence-electron chi connectivity index (χ4n) is 2.21. The van der Waals surface area contributed by atoms with Gasteiger partial charge in [-0.05, 0) is 24.3 Å². The van der Waals surface area contributed by atoms with Crippen molar-refractivity contribution in [3.8, 4) is 5.75 Å². The monoisotopic (exact) mass is 368 g/mol. The number of Topliss-reactive ketones (excluding diaryl/α,β-unsaturated/α-hetero) is 1. The number of benzene rings is 2. The SMILES string of the molecule is COc1cccc(C(=O)COC(=O)CSc2cnc3ccccc3n2)c1. The highest BCUT2D eigenvalue weighted by atomic mass is 32.2. The zero-order chi connectivity index (χ0) is 18.4. The van der Waals surface area contributed by atoms with Gasteiger partial charge < -0.3 is 9.47 Å². The van der Waals surface area contributed by atoms with Gasteiger partial charge in [0.25, 0.3) is 0 Å². The minimum Gasteiger partial charge on any atom is -0.497 e. The van der Waals surface area contributed by atoms with E-state index in [9.17, 15) is 9.59 Å². The molecule has 0 aliphatic carbocycles. The zero-order valence-electron chi connectivity index (χ0n) is 14.0. The Bertz CT molecular complexity index is 945. The molecule has 0 radical (unpaired) electrons. The minimum atomic E-state index is -0.485. The van der Waals surface area contributed by atoms with Gasteiger partial charge in [0.05, 0.1) is 30.1 Å². The molecule has 2 aromatic carbocycles. The van der Waals surface area contributed by atoms with Crippen LogP contribution < -0.4 is 4.74 Å². The van der Waals surface area contributed by atoms with Crippen molar-refractivity contribution in [2.24, 2.45) is 0 Å². The van der Waals surface area contributed by atoms with Crippen LogP contribution >= 0.6 is 11.8 Å². The van der Waals surface area contributed by atoms with Crippen molar-refractivity contribution >= 4 is 34.5 Å². The zero-order valence-corrected chi connectivity index (χ0v) is 14.9. The van der Waals surface area contributed by atoms with Crippen LogP contribution in [0.25, 0.3) is 11.0 Å². The predicted molar refractivity (Wildman–Crippen MR) is 98.5 cm³/mol. The van der Waals surface area contributed by atoms with Crippen LogP contribution in [0.3, 0.4) is 0 Å². The van der Waals surface area contributed by atoms with Crippen LogP contribution in [0, 0.1) is 0 Å². The lowest BCUT2D eigenvalue weighted by molar-refractivity contribution is -0.139. The fraction of sp³-hybridized carbons (Fsp3) is 0.158. The average molecular weight is 368 g/mol. The molecule has 3 rings (SSSR count). The van der Waals surface area contributed by atoms with Crippen molar-refractivity contribution in [1.29, 1.82) is 0 Å². The second-order valence-corrected chi connectivity index (χ2v) is 6.30. The van der Waals surface area contributed by atoms with E-state index in [1.165, 1.54) is 18.9 Å². The summed E-state index contributed by atoms with van der Waals surface area (Å²) in [5.41, 5.74) is 1.99. The van der Waals surface area contributed by atoms with E-state index >= 15 is 0 Å². The van der Waals surface area contributed by atoms with Crippen LogP contribution in [0.1, 0.15) is 10.4 Å². The molecular formula is C19H16N2O4S. The normalized spacial score (nSPS) is 10.5. The molecular weight excluding hydrogens is 352 g/mol. The quantitative estimate of drug-likeness (QED) is 0.360.